The second-order valence-electron chi connectivity index (χ2n) is 11.0. The number of aliphatic hydroxyl groups excluding tert-OH is 1. The van der Waals surface area contributed by atoms with E-state index < -0.39 is 0 Å². The molecule has 29 heavy (non-hydrogen) atoms. The SMILES string of the molecule is C[C@]12CC[C@H]3[C@@H]([C@H](CCc4ccccc4)CC4=CC(=O)CC[C@@]43C)[C@@H]1CC[C@@H]2O. The number of aryl methyl sites for hydroxylation is 1. The van der Waals surface area contributed by atoms with Gasteiger partial charge in [0.05, 0.1) is 6.10 Å². The Morgan fingerprint density at radius 2 is 1.83 bits per heavy atom. The monoisotopic (exact) mass is 392 g/mol. The molecule has 0 heterocycles. The van der Waals surface area contributed by atoms with Crippen molar-refractivity contribution in [3.8, 4) is 0 Å². The number of hydrogen-bond acceptors (Lipinski definition) is 2. The third-order valence-electron chi connectivity index (χ3n) is 9.73. The summed E-state index contributed by atoms with van der Waals surface area (Å²) in [6.45, 7) is 4.84. The van der Waals surface area contributed by atoms with Crippen molar-refractivity contribution in [3.63, 3.8) is 0 Å². The lowest BCUT2D eigenvalue weighted by Gasteiger charge is -2.60. The number of carbonyl (C=O) groups is 1. The molecule has 3 saturated carbocycles. The number of rotatable bonds is 3. The van der Waals surface area contributed by atoms with E-state index in [2.05, 4.69) is 44.2 Å². The van der Waals surface area contributed by atoms with Crippen LogP contribution in [0.15, 0.2) is 42.0 Å². The Balaban J connectivity index is 1.49. The molecule has 4 aliphatic rings. The second kappa shape index (κ2) is 7.08. The van der Waals surface area contributed by atoms with Crippen LogP contribution < -0.4 is 0 Å². The summed E-state index contributed by atoms with van der Waals surface area (Å²) in [5.74, 6) is 3.01. The minimum atomic E-state index is -0.124. The maximum Gasteiger partial charge on any atom is 0.155 e. The van der Waals surface area contributed by atoms with Crippen LogP contribution in [-0.2, 0) is 11.2 Å². The molecule has 0 bridgehead atoms. The van der Waals surface area contributed by atoms with Crippen LogP contribution in [0.3, 0.4) is 0 Å². The van der Waals surface area contributed by atoms with E-state index in [1.165, 1.54) is 30.4 Å². The van der Waals surface area contributed by atoms with Gasteiger partial charge in [-0.3, -0.25) is 4.79 Å². The van der Waals surface area contributed by atoms with Crippen LogP contribution in [-0.4, -0.2) is 17.0 Å². The number of aliphatic hydroxyl groups is 1. The van der Waals surface area contributed by atoms with Gasteiger partial charge in [-0.1, -0.05) is 49.8 Å². The lowest BCUT2D eigenvalue weighted by molar-refractivity contribution is -0.120. The van der Waals surface area contributed by atoms with Gasteiger partial charge in [-0.05, 0) is 97.5 Å². The smallest absolute Gasteiger partial charge is 0.155 e. The van der Waals surface area contributed by atoms with Crippen LogP contribution in [0.2, 0.25) is 0 Å². The summed E-state index contributed by atoms with van der Waals surface area (Å²) in [6.07, 6.45) is 11.6. The number of fused-ring (bicyclic) bond motifs is 5. The van der Waals surface area contributed by atoms with Crippen molar-refractivity contribution >= 4 is 5.78 Å². The fourth-order valence-electron chi connectivity index (χ4n) is 7.97. The van der Waals surface area contributed by atoms with E-state index in [0.717, 1.165) is 38.5 Å². The average molecular weight is 393 g/mol. The minimum Gasteiger partial charge on any atom is -0.393 e. The topological polar surface area (TPSA) is 37.3 Å². The lowest BCUT2D eigenvalue weighted by atomic mass is 9.44. The first kappa shape index (κ1) is 19.5. The first-order valence-corrected chi connectivity index (χ1v) is 11.9. The van der Waals surface area contributed by atoms with E-state index in [0.29, 0.717) is 29.5 Å². The Morgan fingerprint density at radius 1 is 1.03 bits per heavy atom. The average Bonchev–Trinajstić information content (AvgIpc) is 3.02. The summed E-state index contributed by atoms with van der Waals surface area (Å²) in [6, 6.07) is 10.9. The maximum atomic E-state index is 12.3. The zero-order chi connectivity index (χ0) is 20.2. The molecule has 2 heteroatoms. The minimum absolute atomic E-state index is 0.105. The van der Waals surface area contributed by atoms with Gasteiger partial charge in [0.25, 0.3) is 0 Å². The van der Waals surface area contributed by atoms with Gasteiger partial charge >= 0.3 is 0 Å². The summed E-state index contributed by atoms with van der Waals surface area (Å²) in [7, 11) is 0. The molecule has 4 aliphatic carbocycles. The molecule has 0 spiro atoms. The fourth-order valence-corrected chi connectivity index (χ4v) is 7.97. The highest BCUT2D eigenvalue weighted by Gasteiger charge is 2.60. The summed E-state index contributed by atoms with van der Waals surface area (Å²) >= 11 is 0. The van der Waals surface area contributed by atoms with Crippen molar-refractivity contribution in [2.45, 2.75) is 77.7 Å². The molecule has 0 amide bonds. The van der Waals surface area contributed by atoms with Gasteiger partial charge in [0.1, 0.15) is 0 Å². The van der Waals surface area contributed by atoms with Crippen LogP contribution in [0.5, 0.6) is 0 Å². The van der Waals surface area contributed by atoms with Gasteiger partial charge < -0.3 is 5.11 Å². The second-order valence-corrected chi connectivity index (χ2v) is 11.0. The summed E-state index contributed by atoms with van der Waals surface area (Å²) in [5.41, 5.74) is 3.19. The summed E-state index contributed by atoms with van der Waals surface area (Å²) in [5, 5.41) is 10.8. The largest absolute Gasteiger partial charge is 0.393 e. The van der Waals surface area contributed by atoms with E-state index in [9.17, 15) is 9.90 Å². The molecule has 1 aromatic carbocycles. The Bertz CT molecular complexity index is 811. The van der Waals surface area contributed by atoms with Crippen molar-refractivity contribution in [1.82, 2.24) is 0 Å². The van der Waals surface area contributed by atoms with Crippen LogP contribution in [0.1, 0.15) is 70.8 Å². The Labute approximate surface area is 175 Å². The van der Waals surface area contributed by atoms with Crippen LogP contribution in [0, 0.1) is 34.5 Å². The van der Waals surface area contributed by atoms with Gasteiger partial charge in [0.15, 0.2) is 5.78 Å². The van der Waals surface area contributed by atoms with Crippen molar-refractivity contribution in [3.05, 3.63) is 47.5 Å². The third kappa shape index (κ3) is 3.05. The predicted molar refractivity (Wildman–Crippen MR) is 116 cm³/mol. The Morgan fingerprint density at radius 3 is 2.62 bits per heavy atom. The van der Waals surface area contributed by atoms with Gasteiger partial charge in [-0.2, -0.15) is 0 Å². The lowest BCUT2D eigenvalue weighted by Crippen LogP contribution is -2.54. The standard InChI is InChI=1S/C27H36O2/c1-26-14-12-21(28)17-20(26)16-19(9-8-18-6-4-3-5-7-18)25-22-10-11-24(29)27(22,2)15-13-23(25)26/h3-7,17,19,22-25,29H,8-16H2,1-2H3/t19-,22+,23+,24+,25+,26+,27+/m1/s1. The van der Waals surface area contributed by atoms with Gasteiger partial charge in [-0.15, -0.1) is 0 Å². The predicted octanol–water partition coefficient (Wildman–Crippen LogP) is 5.74. The van der Waals surface area contributed by atoms with Gasteiger partial charge in [-0.25, -0.2) is 0 Å². The first-order chi connectivity index (χ1) is 13.9. The molecule has 5 rings (SSSR count). The number of allylic oxidation sites excluding steroid dienone is 1. The molecule has 0 aromatic heterocycles. The highest BCUT2D eigenvalue weighted by molar-refractivity contribution is 5.91. The van der Waals surface area contributed by atoms with Crippen LogP contribution in [0.4, 0.5) is 0 Å². The number of benzene rings is 1. The zero-order valence-electron chi connectivity index (χ0n) is 18.1. The van der Waals surface area contributed by atoms with E-state index in [1.807, 2.05) is 6.08 Å². The van der Waals surface area contributed by atoms with Crippen molar-refractivity contribution < 1.29 is 9.90 Å². The van der Waals surface area contributed by atoms with E-state index in [4.69, 9.17) is 0 Å². The summed E-state index contributed by atoms with van der Waals surface area (Å²) < 4.78 is 0. The fraction of sp³-hybridized carbons (Fsp3) is 0.667. The molecule has 156 valence electrons. The van der Waals surface area contributed by atoms with Crippen molar-refractivity contribution in [1.29, 1.82) is 0 Å². The number of hydrogen-bond donors (Lipinski definition) is 1. The molecule has 1 N–H and O–H groups in total. The molecule has 7 atom stereocenters. The number of ketones is 1. The molecule has 0 radical (unpaired) electrons. The van der Waals surface area contributed by atoms with E-state index in [1.54, 1.807) is 0 Å². The molecule has 2 nitrogen and oxygen atoms in total. The van der Waals surface area contributed by atoms with Crippen molar-refractivity contribution in [2.24, 2.45) is 34.5 Å². The van der Waals surface area contributed by atoms with Gasteiger partial charge in [0, 0.05) is 6.42 Å². The summed E-state index contributed by atoms with van der Waals surface area (Å²) in [4.78, 5) is 12.3. The molecule has 1 aromatic rings. The highest BCUT2D eigenvalue weighted by Crippen LogP contribution is 2.67. The van der Waals surface area contributed by atoms with E-state index >= 15 is 0 Å². The Hall–Kier alpha value is -1.41. The van der Waals surface area contributed by atoms with Crippen LogP contribution in [0.25, 0.3) is 0 Å². The third-order valence-corrected chi connectivity index (χ3v) is 9.73. The molecule has 0 unspecified atom stereocenters. The maximum absolute atomic E-state index is 12.3. The molecular weight excluding hydrogens is 356 g/mol. The highest BCUT2D eigenvalue weighted by atomic mass is 16.3. The Kier molecular flexibility index (Phi) is 4.77. The number of carbonyl (C=O) groups excluding carboxylic acids is 1. The molecule has 0 aliphatic heterocycles. The normalized spacial score (nSPS) is 43.9. The molecular formula is C27H36O2. The van der Waals surface area contributed by atoms with Crippen molar-refractivity contribution in [2.75, 3.05) is 0 Å². The molecule has 0 saturated heterocycles. The van der Waals surface area contributed by atoms with Crippen LogP contribution >= 0.6 is 0 Å². The molecule has 3 fully saturated rings. The van der Waals surface area contributed by atoms with Gasteiger partial charge in [0.2, 0.25) is 0 Å². The van der Waals surface area contributed by atoms with E-state index in [-0.39, 0.29) is 16.9 Å². The zero-order valence-corrected chi connectivity index (χ0v) is 18.1. The first-order valence-electron chi connectivity index (χ1n) is 11.9. The quantitative estimate of drug-likeness (QED) is 0.712.